The van der Waals surface area contributed by atoms with Gasteiger partial charge in [0.25, 0.3) is 0 Å². The Bertz CT molecular complexity index is 1090. The van der Waals surface area contributed by atoms with Crippen molar-refractivity contribution in [1.29, 1.82) is 0 Å². The number of hydrogen-bond donors (Lipinski definition) is 2. The molecule has 1 atom stereocenters. The molecule has 0 spiro atoms. The summed E-state index contributed by atoms with van der Waals surface area (Å²) in [6, 6.07) is 22.5. The fraction of sp³-hybridized carbons (Fsp3) is 0.130. The van der Waals surface area contributed by atoms with E-state index in [1.807, 2.05) is 55.5 Å². The fourth-order valence-corrected chi connectivity index (χ4v) is 3.61. The van der Waals surface area contributed by atoms with Crippen molar-refractivity contribution in [1.82, 2.24) is 4.98 Å². The summed E-state index contributed by atoms with van der Waals surface area (Å²) in [5, 5.41) is 4.50. The van der Waals surface area contributed by atoms with Crippen LogP contribution in [0.3, 0.4) is 0 Å². The Balaban J connectivity index is 1.93. The van der Waals surface area contributed by atoms with E-state index in [2.05, 4.69) is 16.4 Å². The van der Waals surface area contributed by atoms with Gasteiger partial charge in [-0.25, -0.2) is 4.39 Å². The number of ether oxygens (including phenoxy) is 1. The molecule has 3 nitrogen and oxygen atoms in total. The second-order valence-electron chi connectivity index (χ2n) is 6.51. The average Bonchev–Trinajstić information content (AvgIpc) is 3.03. The van der Waals surface area contributed by atoms with Crippen LogP contribution >= 0.6 is 0 Å². The molecular formula is C23H21FN2O. The lowest BCUT2D eigenvalue weighted by molar-refractivity contribution is 0.408. The van der Waals surface area contributed by atoms with Crippen molar-refractivity contribution in [3.05, 3.63) is 95.4 Å². The van der Waals surface area contributed by atoms with E-state index in [1.165, 1.54) is 6.07 Å². The maximum absolute atomic E-state index is 14.4. The molecular weight excluding hydrogens is 339 g/mol. The van der Waals surface area contributed by atoms with Gasteiger partial charge in [0.2, 0.25) is 0 Å². The first-order valence-corrected chi connectivity index (χ1v) is 8.90. The van der Waals surface area contributed by atoms with Gasteiger partial charge in [-0.2, -0.15) is 0 Å². The Morgan fingerprint density at radius 2 is 1.63 bits per heavy atom. The van der Waals surface area contributed by atoms with Crippen LogP contribution in [-0.4, -0.2) is 12.1 Å². The number of nitrogens with one attached hydrogen (secondary N) is 2. The summed E-state index contributed by atoms with van der Waals surface area (Å²) in [6.45, 7) is 2.04. The zero-order valence-corrected chi connectivity index (χ0v) is 15.3. The van der Waals surface area contributed by atoms with Crippen molar-refractivity contribution >= 4 is 16.6 Å². The fourth-order valence-electron chi connectivity index (χ4n) is 3.61. The van der Waals surface area contributed by atoms with Crippen molar-refractivity contribution in [2.24, 2.45) is 0 Å². The molecule has 0 bridgehead atoms. The van der Waals surface area contributed by atoms with Crippen LogP contribution < -0.4 is 10.1 Å². The van der Waals surface area contributed by atoms with Gasteiger partial charge >= 0.3 is 0 Å². The summed E-state index contributed by atoms with van der Waals surface area (Å²) in [6.07, 6.45) is 0. The van der Waals surface area contributed by atoms with E-state index in [4.69, 9.17) is 4.74 Å². The summed E-state index contributed by atoms with van der Waals surface area (Å²) in [5.41, 5.74) is 4.59. The Morgan fingerprint density at radius 3 is 2.44 bits per heavy atom. The molecule has 0 saturated carbocycles. The molecule has 0 saturated heterocycles. The predicted molar refractivity (Wildman–Crippen MR) is 108 cm³/mol. The van der Waals surface area contributed by atoms with Crippen LogP contribution in [0.5, 0.6) is 5.75 Å². The van der Waals surface area contributed by atoms with Crippen molar-refractivity contribution in [2.75, 3.05) is 12.4 Å². The number of rotatable bonds is 5. The monoisotopic (exact) mass is 360 g/mol. The average molecular weight is 360 g/mol. The van der Waals surface area contributed by atoms with Crippen molar-refractivity contribution in [3.63, 3.8) is 0 Å². The van der Waals surface area contributed by atoms with Crippen LogP contribution in [0.15, 0.2) is 72.8 Å². The molecule has 4 heteroatoms. The van der Waals surface area contributed by atoms with Gasteiger partial charge in [-0.15, -0.1) is 0 Å². The first kappa shape index (κ1) is 17.2. The molecule has 4 rings (SSSR count). The molecule has 0 amide bonds. The third-order valence-electron chi connectivity index (χ3n) is 4.86. The zero-order chi connectivity index (χ0) is 18.8. The standard InChI is InChI=1S/C23H21FN2O/c1-15-22(16-9-3-6-12-19(16)25-15)23(17-10-4-8-14-21(17)27-2)26-20-13-7-5-11-18(20)24/h3-14,23,25-26H,1-2H3/t23-/m0/s1. The number of H-pyrrole nitrogens is 1. The van der Waals surface area contributed by atoms with E-state index < -0.39 is 0 Å². The number of halogens is 1. The number of aromatic amines is 1. The molecule has 0 fully saturated rings. The summed E-state index contributed by atoms with van der Waals surface area (Å²) in [7, 11) is 1.65. The predicted octanol–water partition coefficient (Wildman–Crippen LogP) is 5.83. The minimum absolute atomic E-state index is 0.269. The quantitative estimate of drug-likeness (QED) is 0.470. The lowest BCUT2D eigenvalue weighted by Crippen LogP contribution is -2.15. The van der Waals surface area contributed by atoms with Gasteiger partial charge in [-0.3, -0.25) is 0 Å². The van der Waals surface area contributed by atoms with Gasteiger partial charge in [-0.1, -0.05) is 48.5 Å². The number of aromatic nitrogens is 1. The molecule has 0 aliphatic rings. The van der Waals surface area contributed by atoms with Gasteiger partial charge in [0.1, 0.15) is 11.6 Å². The van der Waals surface area contributed by atoms with E-state index in [0.717, 1.165) is 33.5 Å². The molecule has 1 heterocycles. The molecule has 0 unspecified atom stereocenters. The van der Waals surface area contributed by atoms with Crippen LogP contribution in [0.25, 0.3) is 10.9 Å². The van der Waals surface area contributed by atoms with Crippen molar-refractivity contribution in [3.8, 4) is 5.75 Å². The van der Waals surface area contributed by atoms with Crippen LogP contribution in [0.1, 0.15) is 22.9 Å². The third-order valence-corrected chi connectivity index (χ3v) is 4.86. The number of hydrogen-bond acceptors (Lipinski definition) is 2. The van der Waals surface area contributed by atoms with Crippen LogP contribution in [0, 0.1) is 12.7 Å². The number of aryl methyl sites for hydroxylation is 1. The number of para-hydroxylation sites is 3. The normalized spacial score (nSPS) is 12.1. The van der Waals surface area contributed by atoms with Gasteiger partial charge in [0.15, 0.2) is 0 Å². The van der Waals surface area contributed by atoms with E-state index in [0.29, 0.717) is 5.69 Å². The molecule has 2 N–H and O–H groups in total. The minimum atomic E-state index is -0.283. The van der Waals surface area contributed by atoms with Crippen LogP contribution in [0.2, 0.25) is 0 Å². The topological polar surface area (TPSA) is 37.0 Å². The molecule has 4 aromatic rings. The molecule has 27 heavy (non-hydrogen) atoms. The third kappa shape index (κ3) is 3.14. The summed E-state index contributed by atoms with van der Waals surface area (Å²) < 4.78 is 20.0. The molecule has 136 valence electrons. The minimum Gasteiger partial charge on any atom is -0.496 e. The van der Waals surface area contributed by atoms with E-state index in [-0.39, 0.29) is 11.9 Å². The summed E-state index contributed by atoms with van der Waals surface area (Å²) in [5.74, 6) is 0.478. The Kier molecular flexibility index (Phi) is 4.55. The van der Waals surface area contributed by atoms with Crippen molar-refractivity contribution < 1.29 is 9.13 Å². The highest BCUT2D eigenvalue weighted by molar-refractivity contribution is 5.86. The highest BCUT2D eigenvalue weighted by Gasteiger charge is 2.24. The Morgan fingerprint density at radius 1 is 0.926 bits per heavy atom. The highest BCUT2D eigenvalue weighted by atomic mass is 19.1. The lowest BCUT2D eigenvalue weighted by Gasteiger charge is -2.23. The SMILES string of the molecule is COc1ccccc1[C@H](Nc1ccccc1F)c1c(C)[nH]c2ccccc12. The number of benzene rings is 3. The maximum Gasteiger partial charge on any atom is 0.146 e. The summed E-state index contributed by atoms with van der Waals surface area (Å²) in [4.78, 5) is 3.44. The first-order valence-electron chi connectivity index (χ1n) is 8.90. The number of fused-ring (bicyclic) bond motifs is 1. The van der Waals surface area contributed by atoms with Gasteiger partial charge in [0, 0.05) is 27.7 Å². The maximum atomic E-state index is 14.4. The number of methoxy groups -OCH3 is 1. The van der Waals surface area contributed by atoms with E-state index in [9.17, 15) is 4.39 Å². The van der Waals surface area contributed by atoms with Gasteiger partial charge < -0.3 is 15.0 Å². The number of anilines is 1. The van der Waals surface area contributed by atoms with Gasteiger partial charge in [-0.05, 0) is 31.2 Å². The highest BCUT2D eigenvalue weighted by Crippen LogP contribution is 2.38. The zero-order valence-electron chi connectivity index (χ0n) is 15.3. The molecule has 0 radical (unpaired) electrons. The second-order valence-corrected chi connectivity index (χ2v) is 6.51. The molecule has 3 aromatic carbocycles. The first-order chi connectivity index (χ1) is 13.2. The molecule has 1 aromatic heterocycles. The van der Waals surface area contributed by atoms with E-state index >= 15 is 0 Å². The second kappa shape index (κ2) is 7.16. The van der Waals surface area contributed by atoms with Gasteiger partial charge in [0.05, 0.1) is 18.8 Å². The van der Waals surface area contributed by atoms with Crippen LogP contribution in [-0.2, 0) is 0 Å². The van der Waals surface area contributed by atoms with Crippen LogP contribution in [0.4, 0.5) is 10.1 Å². The Labute approximate surface area is 157 Å². The molecule has 0 aliphatic carbocycles. The summed E-state index contributed by atoms with van der Waals surface area (Å²) >= 11 is 0. The molecule has 0 aliphatic heterocycles. The smallest absolute Gasteiger partial charge is 0.146 e. The largest absolute Gasteiger partial charge is 0.496 e. The Hall–Kier alpha value is -3.27. The van der Waals surface area contributed by atoms with Crippen molar-refractivity contribution in [2.45, 2.75) is 13.0 Å². The van der Waals surface area contributed by atoms with E-state index in [1.54, 1.807) is 19.2 Å². The lowest BCUT2D eigenvalue weighted by atomic mass is 9.95.